The standard InChI is InChI=1S/C23H16N4OS/c1-14-11-17(15(2)26(14)18-9-7-16(13-24)8-10-18)12-21-22(28)27-20-6-4-3-5-19(20)25-23(27)29-21/h3-12H,1-2H3/b21-12-. The quantitative estimate of drug-likeness (QED) is 0.457. The van der Waals surface area contributed by atoms with E-state index < -0.39 is 0 Å². The molecule has 2 aromatic carbocycles. The number of benzene rings is 2. The zero-order valence-electron chi connectivity index (χ0n) is 15.9. The van der Waals surface area contributed by atoms with E-state index in [2.05, 4.69) is 21.7 Å². The summed E-state index contributed by atoms with van der Waals surface area (Å²) in [6.07, 6.45) is 1.94. The van der Waals surface area contributed by atoms with Gasteiger partial charge >= 0.3 is 0 Å². The molecule has 0 aliphatic carbocycles. The van der Waals surface area contributed by atoms with E-state index in [1.54, 1.807) is 4.40 Å². The Morgan fingerprint density at radius 2 is 1.86 bits per heavy atom. The number of thiazole rings is 1. The first-order valence-corrected chi connectivity index (χ1v) is 9.99. The Balaban J connectivity index is 1.67. The van der Waals surface area contributed by atoms with E-state index in [0.29, 0.717) is 15.1 Å². The van der Waals surface area contributed by atoms with Gasteiger partial charge in [0.2, 0.25) is 0 Å². The van der Waals surface area contributed by atoms with Crippen molar-refractivity contribution in [3.05, 3.63) is 92.0 Å². The predicted molar refractivity (Wildman–Crippen MR) is 116 cm³/mol. The van der Waals surface area contributed by atoms with Crippen molar-refractivity contribution < 1.29 is 0 Å². The maximum absolute atomic E-state index is 13.0. The molecule has 0 saturated carbocycles. The highest BCUT2D eigenvalue weighted by atomic mass is 32.1. The third kappa shape index (κ3) is 2.67. The van der Waals surface area contributed by atoms with Gasteiger partial charge in [0, 0.05) is 17.1 Å². The molecule has 0 amide bonds. The van der Waals surface area contributed by atoms with E-state index in [1.807, 2.05) is 68.5 Å². The Bertz CT molecular complexity index is 1550. The number of fused-ring (bicyclic) bond motifs is 3. The van der Waals surface area contributed by atoms with Crippen LogP contribution in [0.2, 0.25) is 0 Å². The summed E-state index contributed by atoms with van der Waals surface area (Å²) >= 11 is 1.41. The Labute approximate surface area is 170 Å². The molecule has 5 nitrogen and oxygen atoms in total. The SMILES string of the molecule is Cc1cc(/C=c2\sc3nc4ccccc4n3c2=O)c(C)n1-c1ccc(C#N)cc1. The van der Waals surface area contributed by atoms with E-state index in [4.69, 9.17) is 5.26 Å². The Kier molecular flexibility index (Phi) is 3.86. The fraction of sp³-hybridized carbons (Fsp3) is 0.0870. The molecule has 0 radical (unpaired) electrons. The molecule has 29 heavy (non-hydrogen) atoms. The van der Waals surface area contributed by atoms with Gasteiger partial charge in [-0.05, 0) is 68.0 Å². The lowest BCUT2D eigenvalue weighted by atomic mass is 10.2. The summed E-state index contributed by atoms with van der Waals surface area (Å²) in [5.74, 6) is 0. The van der Waals surface area contributed by atoms with Crippen LogP contribution in [0.5, 0.6) is 0 Å². The van der Waals surface area contributed by atoms with Crippen LogP contribution in [0.4, 0.5) is 0 Å². The second-order valence-corrected chi connectivity index (χ2v) is 7.96. The average Bonchev–Trinajstić information content (AvgIpc) is 3.33. The van der Waals surface area contributed by atoms with Gasteiger partial charge in [-0.3, -0.25) is 4.79 Å². The molecule has 0 unspecified atom stereocenters. The van der Waals surface area contributed by atoms with Crippen molar-refractivity contribution in [1.82, 2.24) is 14.0 Å². The molecule has 3 aromatic heterocycles. The molecule has 0 atom stereocenters. The van der Waals surface area contributed by atoms with Crippen LogP contribution in [-0.4, -0.2) is 14.0 Å². The lowest BCUT2D eigenvalue weighted by molar-refractivity contribution is 0.964. The van der Waals surface area contributed by atoms with Crippen LogP contribution in [0.3, 0.4) is 0 Å². The molecule has 0 aliphatic heterocycles. The number of aromatic nitrogens is 3. The molecule has 0 saturated heterocycles. The summed E-state index contributed by atoms with van der Waals surface area (Å²) in [5.41, 5.74) is 6.37. The summed E-state index contributed by atoms with van der Waals surface area (Å²) in [6, 6.07) is 19.4. The van der Waals surface area contributed by atoms with Gasteiger partial charge in [-0.25, -0.2) is 9.38 Å². The Hall–Kier alpha value is -3.69. The van der Waals surface area contributed by atoms with Crippen molar-refractivity contribution in [1.29, 1.82) is 5.26 Å². The maximum atomic E-state index is 13.0. The highest BCUT2D eigenvalue weighted by molar-refractivity contribution is 7.15. The van der Waals surface area contributed by atoms with Crippen molar-refractivity contribution in [3.8, 4) is 11.8 Å². The van der Waals surface area contributed by atoms with Crippen LogP contribution >= 0.6 is 11.3 Å². The van der Waals surface area contributed by atoms with Crippen LogP contribution in [0.1, 0.15) is 22.5 Å². The van der Waals surface area contributed by atoms with Crippen LogP contribution in [-0.2, 0) is 0 Å². The Morgan fingerprint density at radius 3 is 2.62 bits per heavy atom. The number of aryl methyl sites for hydroxylation is 1. The van der Waals surface area contributed by atoms with Gasteiger partial charge < -0.3 is 4.57 Å². The van der Waals surface area contributed by atoms with Gasteiger partial charge in [0.15, 0.2) is 4.96 Å². The molecule has 0 N–H and O–H groups in total. The van der Waals surface area contributed by atoms with Crippen LogP contribution in [0, 0.1) is 25.2 Å². The van der Waals surface area contributed by atoms with E-state index in [1.165, 1.54) is 11.3 Å². The number of hydrogen-bond donors (Lipinski definition) is 0. The predicted octanol–water partition coefficient (Wildman–Crippen LogP) is 3.74. The third-order valence-electron chi connectivity index (χ3n) is 5.16. The largest absolute Gasteiger partial charge is 0.318 e. The minimum Gasteiger partial charge on any atom is -0.318 e. The van der Waals surface area contributed by atoms with Crippen molar-refractivity contribution >= 4 is 33.4 Å². The summed E-state index contributed by atoms with van der Waals surface area (Å²) in [7, 11) is 0. The first-order chi connectivity index (χ1) is 14.1. The van der Waals surface area contributed by atoms with Crippen LogP contribution in [0.25, 0.3) is 27.8 Å². The van der Waals surface area contributed by atoms with Gasteiger partial charge in [0.05, 0.1) is 27.2 Å². The lowest BCUT2D eigenvalue weighted by Gasteiger charge is -2.09. The number of rotatable bonds is 2. The molecule has 5 rings (SSSR count). The van der Waals surface area contributed by atoms with Crippen molar-refractivity contribution in [2.45, 2.75) is 13.8 Å². The summed E-state index contributed by atoms with van der Waals surface area (Å²) < 4.78 is 4.48. The smallest absolute Gasteiger partial charge is 0.274 e. The van der Waals surface area contributed by atoms with Gasteiger partial charge in [-0.1, -0.05) is 23.5 Å². The number of para-hydroxylation sites is 2. The van der Waals surface area contributed by atoms with Crippen molar-refractivity contribution in [2.75, 3.05) is 0 Å². The van der Waals surface area contributed by atoms with E-state index >= 15 is 0 Å². The molecule has 140 valence electrons. The summed E-state index contributed by atoms with van der Waals surface area (Å²) in [4.78, 5) is 18.3. The highest BCUT2D eigenvalue weighted by Gasteiger charge is 2.13. The highest BCUT2D eigenvalue weighted by Crippen LogP contribution is 2.22. The van der Waals surface area contributed by atoms with Gasteiger partial charge in [-0.2, -0.15) is 5.26 Å². The fourth-order valence-corrected chi connectivity index (χ4v) is 4.75. The van der Waals surface area contributed by atoms with Gasteiger partial charge in [0.25, 0.3) is 5.56 Å². The Morgan fingerprint density at radius 1 is 1.10 bits per heavy atom. The third-order valence-corrected chi connectivity index (χ3v) is 6.13. The maximum Gasteiger partial charge on any atom is 0.274 e. The molecule has 5 aromatic rings. The van der Waals surface area contributed by atoms with Gasteiger partial charge in [-0.15, -0.1) is 0 Å². The molecular weight excluding hydrogens is 380 g/mol. The summed E-state index contributed by atoms with van der Waals surface area (Å²) in [6.45, 7) is 4.07. The zero-order valence-corrected chi connectivity index (χ0v) is 16.7. The second-order valence-electron chi connectivity index (χ2n) is 6.95. The van der Waals surface area contributed by atoms with Crippen molar-refractivity contribution in [2.24, 2.45) is 0 Å². The van der Waals surface area contributed by atoms with Crippen LogP contribution in [0.15, 0.2) is 59.4 Å². The number of nitrogens with zero attached hydrogens (tertiary/aromatic N) is 4. The average molecular weight is 396 g/mol. The molecule has 3 heterocycles. The zero-order chi connectivity index (χ0) is 20.1. The first-order valence-electron chi connectivity index (χ1n) is 9.18. The minimum atomic E-state index is -0.0399. The van der Waals surface area contributed by atoms with E-state index in [0.717, 1.165) is 33.7 Å². The number of hydrogen-bond acceptors (Lipinski definition) is 4. The van der Waals surface area contributed by atoms with Crippen LogP contribution < -0.4 is 10.1 Å². The van der Waals surface area contributed by atoms with Crippen molar-refractivity contribution in [3.63, 3.8) is 0 Å². The second kappa shape index (κ2) is 6.43. The molecule has 0 fully saturated rings. The fourth-order valence-electron chi connectivity index (χ4n) is 3.77. The molecule has 0 spiro atoms. The van der Waals surface area contributed by atoms with E-state index in [-0.39, 0.29) is 5.56 Å². The first kappa shape index (κ1) is 17.4. The molecule has 0 bridgehead atoms. The molecular formula is C23H16N4OS. The topological polar surface area (TPSA) is 63.1 Å². The van der Waals surface area contributed by atoms with Gasteiger partial charge in [0.1, 0.15) is 0 Å². The minimum absolute atomic E-state index is 0.0399. The monoisotopic (exact) mass is 396 g/mol. The normalized spacial score (nSPS) is 12.1. The molecule has 0 aliphatic rings. The number of imidazole rings is 1. The van der Waals surface area contributed by atoms with E-state index in [9.17, 15) is 4.79 Å². The molecule has 6 heteroatoms. The summed E-state index contributed by atoms with van der Waals surface area (Å²) in [5, 5.41) is 9.01. The lowest BCUT2D eigenvalue weighted by Crippen LogP contribution is -2.22. The number of nitriles is 1.